The second kappa shape index (κ2) is 7.69. The van der Waals surface area contributed by atoms with E-state index in [1.807, 2.05) is 36.6 Å². The van der Waals surface area contributed by atoms with Gasteiger partial charge in [-0.15, -0.1) is 11.3 Å². The first kappa shape index (κ1) is 16.1. The van der Waals surface area contributed by atoms with Crippen molar-refractivity contribution in [3.05, 3.63) is 58.9 Å². The van der Waals surface area contributed by atoms with Crippen LogP contribution in [0.25, 0.3) is 5.82 Å². The molecule has 0 aliphatic heterocycles. The molecule has 0 aliphatic rings. The molecule has 0 fully saturated rings. The minimum Gasteiger partial charge on any atom is -0.334 e. The number of amides is 2. The lowest BCUT2D eigenvalue weighted by molar-refractivity contribution is 0.198. The van der Waals surface area contributed by atoms with Gasteiger partial charge in [0.15, 0.2) is 5.82 Å². The van der Waals surface area contributed by atoms with Crippen molar-refractivity contribution in [2.75, 3.05) is 6.54 Å². The fourth-order valence-electron chi connectivity index (χ4n) is 2.29. The second-order valence-corrected chi connectivity index (χ2v) is 6.11. The van der Waals surface area contributed by atoms with Crippen molar-refractivity contribution >= 4 is 17.4 Å². The molecule has 2 amide bonds. The van der Waals surface area contributed by atoms with Gasteiger partial charge in [-0.25, -0.2) is 19.4 Å². The molecular formula is C16H18N6OS. The van der Waals surface area contributed by atoms with E-state index in [9.17, 15) is 4.79 Å². The number of nitrogens with zero attached hydrogens (tertiary/aromatic N) is 5. The normalized spacial score (nSPS) is 10.5. The molecule has 0 saturated heterocycles. The van der Waals surface area contributed by atoms with E-state index in [0.717, 1.165) is 10.4 Å². The first-order valence-electron chi connectivity index (χ1n) is 7.62. The molecule has 8 heteroatoms. The molecule has 0 bridgehead atoms. The highest BCUT2D eigenvalue weighted by molar-refractivity contribution is 7.09. The van der Waals surface area contributed by atoms with Gasteiger partial charge >= 0.3 is 6.03 Å². The Hall–Kier alpha value is -2.74. The van der Waals surface area contributed by atoms with Gasteiger partial charge in [0.2, 0.25) is 0 Å². The Morgan fingerprint density at radius 1 is 1.38 bits per heavy atom. The summed E-state index contributed by atoms with van der Waals surface area (Å²) in [4.78, 5) is 23.6. The number of carbonyl (C=O) groups is 1. The van der Waals surface area contributed by atoms with Crippen LogP contribution < -0.4 is 5.32 Å². The summed E-state index contributed by atoms with van der Waals surface area (Å²) < 4.78 is 1.59. The molecule has 0 aliphatic carbocycles. The maximum atomic E-state index is 12.4. The molecular weight excluding hydrogens is 324 g/mol. The van der Waals surface area contributed by atoms with Gasteiger partial charge in [-0.1, -0.05) is 12.1 Å². The highest BCUT2D eigenvalue weighted by Crippen LogP contribution is 2.13. The molecule has 0 radical (unpaired) electrons. The second-order valence-electron chi connectivity index (χ2n) is 5.08. The Labute approximate surface area is 144 Å². The zero-order chi connectivity index (χ0) is 16.8. The number of hydrogen-bond donors (Lipinski definition) is 1. The molecule has 3 aromatic rings. The van der Waals surface area contributed by atoms with Crippen molar-refractivity contribution in [2.24, 2.45) is 0 Å². The van der Waals surface area contributed by atoms with Gasteiger partial charge in [0.1, 0.15) is 12.7 Å². The van der Waals surface area contributed by atoms with Crippen LogP contribution in [0.5, 0.6) is 0 Å². The molecule has 3 heterocycles. The molecule has 24 heavy (non-hydrogen) atoms. The van der Waals surface area contributed by atoms with Crippen LogP contribution in [0.4, 0.5) is 4.79 Å². The highest BCUT2D eigenvalue weighted by atomic mass is 32.1. The maximum Gasteiger partial charge on any atom is 0.317 e. The first-order chi connectivity index (χ1) is 11.8. The number of pyridine rings is 1. The lowest BCUT2D eigenvalue weighted by atomic mass is 10.2. The number of carbonyl (C=O) groups excluding carboxylic acids is 1. The maximum absolute atomic E-state index is 12.4. The van der Waals surface area contributed by atoms with Crippen molar-refractivity contribution in [1.29, 1.82) is 0 Å². The average molecular weight is 342 g/mol. The lowest BCUT2D eigenvalue weighted by Gasteiger charge is -2.21. The van der Waals surface area contributed by atoms with Crippen molar-refractivity contribution < 1.29 is 4.79 Å². The molecule has 0 atom stereocenters. The largest absolute Gasteiger partial charge is 0.334 e. The predicted octanol–water partition coefficient (Wildman–Crippen LogP) is 2.46. The fourth-order valence-corrected chi connectivity index (χ4v) is 3.01. The molecule has 124 valence electrons. The van der Waals surface area contributed by atoms with Crippen LogP contribution in [0.15, 0.2) is 48.5 Å². The van der Waals surface area contributed by atoms with Gasteiger partial charge in [0.25, 0.3) is 0 Å². The Morgan fingerprint density at radius 2 is 2.29 bits per heavy atom. The first-order valence-corrected chi connectivity index (χ1v) is 8.50. The van der Waals surface area contributed by atoms with Crippen molar-refractivity contribution in [1.82, 2.24) is 30.0 Å². The number of urea groups is 1. The lowest BCUT2D eigenvalue weighted by Crippen LogP contribution is -2.39. The molecule has 0 saturated carbocycles. The van der Waals surface area contributed by atoms with Gasteiger partial charge in [0.05, 0.1) is 6.54 Å². The highest BCUT2D eigenvalue weighted by Gasteiger charge is 2.14. The monoisotopic (exact) mass is 342 g/mol. The molecule has 0 unspecified atom stereocenters. The van der Waals surface area contributed by atoms with Crippen LogP contribution in [0.2, 0.25) is 0 Å². The quantitative estimate of drug-likeness (QED) is 0.746. The minimum atomic E-state index is -0.0979. The summed E-state index contributed by atoms with van der Waals surface area (Å²) in [6.07, 6.45) is 4.73. The third kappa shape index (κ3) is 3.77. The van der Waals surface area contributed by atoms with E-state index in [-0.39, 0.29) is 6.03 Å². The molecule has 3 aromatic heterocycles. The zero-order valence-electron chi connectivity index (χ0n) is 13.3. The van der Waals surface area contributed by atoms with Gasteiger partial charge in [0, 0.05) is 29.7 Å². The van der Waals surface area contributed by atoms with E-state index in [4.69, 9.17) is 0 Å². The Morgan fingerprint density at radius 3 is 3.00 bits per heavy atom. The Balaban J connectivity index is 1.66. The zero-order valence-corrected chi connectivity index (χ0v) is 14.1. The molecule has 0 spiro atoms. The summed E-state index contributed by atoms with van der Waals surface area (Å²) >= 11 is 1.65. The number of aromatic nitrogens is 4. The van der Waals surface area contributed by atoms with Crippen LogP contribution in [-0.2, 0) is 13.1 Å². The van der Waals surface area contributed by atoms with E-state index in [1.165, 1.54) is 6.33 Å². The molecule has 0 aromatic carbocycles. The van der Waals surface area contributed by atoms with Gasteiger partial charge in [-0.2, -0.15) is 5.10 Å². The van der Waals surface area contributed by atoms with E-state index >= 15 is 0 Å². The molecule has 3 rings (SSSR count). The van der Waals surface area contributed by atoms with Crippen LogP contribution >= 0.6 is 11.3 Å². The Bertz CT molecular complexity index is 772. The van der Waals surface area contributed by atoms with Gasteiger partial charge < -0.3 is 10.2 Å². The van der Waals surface area contributed by atoms with E-state index in [1.54, 1.807) is 33.4 Å². The van der Waals surface area contributed by atoms with E-state index < -0.39 is 0 Å². The van der Waals surface area contributed by atoms with Crippen molar-refractivity contribution in [3.8, 4) is 5.82 Å². The summed E-state index contributed by atoms with van der Waals surface area (Å²) in [7, 11) is 0. The minimum absolute atomic E-state index is 0.0979. The summed E-state index contributed by atoms with van der Waals surface area (Å²) in [5.74, 6) is 0.664. The fraction of sp³-hybridized carbons (Fsp3) is 0.250. The van der Waals surface area contributed by atoms with E-state index in [2.05, 4.69) is 20.4 Å². The molecule has 7 nitrogen and oxygen atoms in total. The summed E-state index contributed by atoms with van der Waals surface area (Å²) in [6.45, 7) is 3.61. The average Bonchev–Trinajstić information content (AvgIpc) is 3.31. The third-order valence-electron chi connectivity index (χ3n) is 3.53. The van der Waals surface area contributed by atoms with Crippen LogP contribution in [0.1, 0.15) is 17.4 Å². The topological polar surface area (TPSA) is 75.9 Å². The SMILES string of the molecule is CCN(Cc1cccs1)C(=O)NCc1cccnc1-n1cncn1. The Kier molecular flexibility index (Phi) is 5.17. The standard InChI is InChI=1S/C16H18N6OS/c1-2-21(10-14-6-4-8-24-14)16(23)19-9-13-5-3-7-18-15(13)22-12-17-11-20-22/h3-8,11-12H,2,9-10H2,1H3,(H,19,23). The summed E-state index contributed by atoms with van der Waals surface area (Å²) in [5, 5.41) is 9.07. The van der Waals surface area contributed by atoms with E-state index in [0.29, 0.717) is 25.5 Å². The summed E-state index contributed by atoms with van der Waals surface area (Å²) in [5.41, 5.74) is 0.878. The number of thiophene rings is 1. The van der Waals surface area contributed by atoms with Crippen molar-refractivity contribution in [3.63, 3.8) is 0 Å². The molecule has 1 N–H and O–H groups in total. The van der Waals surface area contributed by atoms with Gasteiger partial charge in [-0.3, -0.25) is 0 Å². The van der Waals surface area contributed by atoms with Gasteiger partial charge in [-0.05, 0) is 24.4 Å². The summed E-state index contributed by atoms with van der Waals surface area (Å²) in [6, 6.07) is 7.68. The number of hydrogen-bond acceptors (Lipinski definition) is 5. The van der Waals surface area contributed by atoms with Crippen molar-refractivity contribution in [2.45, 2.75) is 20.0 Å². The van der Waals surface area contributed by atoms with Crippen LogP contribution in [0.3, 0.4) is 0 Å². The third-order valence-corrected chi connectivity index (χ3v) is 4.39. The smallest absolute Gasteiger partial charge is 0.317 e. The number of nitrogens with one attached hydrogen (secondary N) is 1. The predicted molar refractivity (Wildman–Crippen MR) is 91.8 cm³/mol. The van der Waals surface area contributed by atoms with Crippen LogP contribution in [0, 0.1) is 0 Å². The van der Waals surface area contributed by atoms with Crippen LogP contribution in [-0.4, -0.2) is 37.2 Å². The number of rotatable bonds is 6.